The zero-order valence-electron chi connectivity index (χ0n) is 24.8. The predicted octanol–water partition coefficient (Wildman–Crippen LogP) is 3.39. The van der Waals surface area contributed by atoms with E-state index in [4.69, 9.17) is 19.9 Å². The molecule has 3 atom stereocenters. The summed E-state index contributed by atoms with van der Waals surface area (Å²) >= 11 is 0. The highest BCUT2D eigenvalue weighted by molar-refractivity contribution is 5.79. The lowest BCUT2D eigenvalue weighted by atomic mass is 9.82. The maximum atomic E-state index is 13.7. The molecule has 2 aliphatic heterocycles. The van der Waals surface area contributed by atoms with Crippen molar-refractivity contribution >= 4 is 11.9 Å². The first-order chi connectivity index (χ1) is 20.4. The van der Waals surface area contributed by atoms with Crippen molar-refractivity contribution in [1.82, 2.24) is 9.80 Å². The number of unbranched alkanes of at least 4 members (excludes halogenated alkanes) is 2. The van der Waals surface area contributed by atoms with Gasteiger partial charge in [0.25, 0.3) is 0 Å². The Morgan fingerprint density at radius 2 is 1.90 bits per heavy atom. The molecule has 0 saturated carbocycles. The number of carbonyl (C=O) groups is 2. The summed E-state index contributed by atoms with van der Waals surface area (Å²) < 4.78 is 16.7. The van der Waals surface area contributed by atoms with Gasteiger partial charge in [-0.3, -0.25) is 14.5 Å². The van der Waals surface area contributed by atoms with Gasteiger partial charge < -0.3 is 35.1 Å². The fraction of sp³-hybridized carbons (Fsp3) is 0.562. The van der Waals surface area contributed by atoms with E-state index in [0.717, 1.165) is 42.6 Å². The number of hydrogen-bond acceptors (Lipinski definition) is 8. The van der Waals surface area contributed by atoms with Crippen LogP contribution >= 0.6 is 0 Å². The normalized spacial score (nSPS) is 19.7. The van der Waals surface area contributed by atoms with Crippen molar-refractivity contribution < 1.29 is 34.0 Å². The number of hydrogen-bond donors (Lipinski definition) is 3. The molecule has 2 aliphatic rings. The average Bonchev–Trinajstić information content (AvgIpc) is 3.62. The number of ether oxygens (including phenoxy) is 3. The number of amides is 1. The standard InChI is InChI=1S/C32H45N3O7/c1-3-4-14-34(15-8-7-13-33)29(37)19-35-18-25(23-16-24(20-36)31-28(17-23)41-21-42-31)30(32(38)39)26(35)12-11-22-9-5-6-10-27(22)40-2/h5-6,9-10,16-17,25-26,30,36H,3-4,7-8,11-15,18-21,33H2,1-2H3,(H,38,39)/t25-,26+,30-/m1/s1. The third-order valence-corrected chi connectivity index (χ3v) is 8.46. The van der Waals surface area contributed by atoms with Crippen LogP contribution in [0.4, 0.5) is 0 Å². The van der Waals surface area contributed by atoms with Crippen LogP contribution in [0.5, 0.6) is 17.2 Å². The van der Waals surface area contributed by atoms with Crippen molar-refractivity contribution in [3.8, 4) is 17.2 Å². The van der Waals surface area contributed by atoms with Crippen LogP contribution in [0.25, 0.3) is 0 Å². The number of benzene rings is 2. The molecule has 2 aromatic rings. The summed E-state index contributed by atoms with van der Waals surface area (Å²) in [5.74, 6) is -0.306. The third kappa shape index (κ3) is 7.35. The van der Waals surface area contributed by atoms with Gasteiger partial charge in [0.15, 0.2) is 11.5 Å². The van der Waals surface area contributed by atoms with Crippen LogP contribution in [-0.4, -0.2) is 84.6 Å². The molecular weight excluding hydrogens is 538 g/mol. The van der Waals surface area contributed by atoms with E-state index >= 15 is 0 Å². The summed E-state index contributed by atoms with van der Waals surface area (Å²) in [6.07, 6.45) is 4.72. The molecule has 2 heterocycles. The molecule has 1 amide bonds. The Morgan fingerprint density at radius 3 is 2.62 bits per heavy atom. The number of para-hydroxylation sites is 1. The molecule has 0 radical (unpaired) electrons. The SMILES string of the molecule is CCCCN(CCCCN)C(=O)CN1C[C@H](c2cc(CO)c3c(c2)OCO3)[C@@H](C(=O)O)[C@@H]1CCc1ccccc1OC. The highest BCUT2D eigenvalue weighted by atomic mass is 16.7. The molecule has 230 valence electrons. The van der Waals surface area contributed by atoms with E-state index < -0.39 is 17.8 Å². The second kappa shape index (κ2) is 15.2. The highest BCUT2D eigenvalue weighted by Gasteiger charge is 2.47. The minimum Gasteiger partial charge on any atom is -0.496 e. The predicted molar refractivity (Wildman–Crippen MR) is 159 cm³/mol. The molecule has 1 saturated heterocycles. The molecule has 4 rings (SSSR count). The lowest BCUT2D eigenvalue weighted by Crippen LogP contribution is -2.45. The van der Waals surface area contributed by atoms with E-state index in [1.165, 1.54) is 0 Å². The quantitative estimate of drug-likeness (QED) is 0.254. The van der Waals surface area contributed by atoms with Crippen molar-refractivity contribution in [2.45, 2.75) is 64.0 Å². The Morgan fingerprint density at radius 1 is 1.12 bits per heavy atom. The van der Waals surface area contributed by atoms with Gasteiger partial charge in [-0.1, -0.05) is 31.5 Å². The van der Waals surface area contributed by atoms with Gasteiger partial charge in [-0.25, -0.2) is 0 Å². The van der Waals surface area contributed by atoms with E-state index in [2.05, 4.69) is 6.92 Å². The summed E-state index contributed by atoms with van der Waals surface area (Å²) in [6.45, 7) is 4.34. The number of aryl methyl sites for hydroxylation is 1. The zero-order valence-corrected chi connectivity index (χ0v) is 24.8. The summed E-state index contributed by atoms with van der Waals surface area (Å²) in [6, 6.07) is 11.0. The molecule has 10 heteroatoms. The molecule has 0 aromatic heterocycles. The Balaban J connectivity index is 1.64. The fourth-order valence-electron chi connectivity index (χ4n) is 6.27. The van der Waals surface area contributed by atoms with Crippen molar-refractivity contribution in [2.75, 3.05) is 46.6 Å². The number of carboxylic acid groups (broad SMARTS) is 1. The number of aliphatic carboxylic acids is 1. The van der Waals surface area contributed by atoms with Gasteiger partial charge in [0.2, 0.25) is 12.7 Å². The summed E-state index contributed by atoms with van der Waals surface area (Å²) in [5, 5.41) is 20.6. The van der Waals surface area contributed by atoms with E-state index in [0.29, 0.717) is 56.1 Å². The van der Waals surface area contributed by atoms with Gasteiger partial charge in [0, 0.05) is 37.2 Å². The number of carboxylic acids is 1. The third-order valence-electron chi connectivity index (χ3n) is 8.46. The van der Waals surface area contributed by atoms with Gasteiger partial charge in [-0.2, -0.15) is 0 Å². The summed E-state index contributed by atoms with van der Waals surface area (Å²) in [5.41, 5.74) is 8.03. The van der Waals surface area contributed by atoms with E-state index in [1.807, 2.05) is 46.2 Å². The maximum Gasteiger partial charge on any atom is 0.308 e. The molecule has 4 N–H and O–H groups in total. The smallest absolute Gasteiger partial charge is 0.308 e. The van der Waals surface area contributed by atoms with Crippen LogP contribution in [0.2, 0.25) is 0 Å². The first-order valence-corrected chi connectivity index (χ1v) is 15.0. The minimum absolute atomic E-state index is 0.00860. The maximum absolute atomic E-state index is 13.7. The Kier molecular flexibility index (Phi) is 11.5. The van der Waals surface area contributed by atoms with Crippen LogP contribution in [0.15, 0.2) is 36.4 Å². The Bertz CT molecular complexity index is 1210. The van der Waals surface area contributed by atoms with Gasteiger partial charge in [-0.15, -0.1) is 0 Å². The van der Waals surface area contributed by atoms with Gasteiger partial charge in [0.05, 0.1) is 26.2 Å². The van der Waals surface area contributed by atoms with Gasteiger partial charge in [-0.05, 0) is 68.0 Å². The second-order valence-electron chi connectivity index (χ2n) is 11.1. The second-order valence-corrected chi connectivity index (χ2v) is 11.1. The van der Waals surface area contributed by atoms with Gasteiger partial charge >= 0.3 is 5.97 Å². The number of nitrogens with two attached hydrogens (primary N) is 1. The average molecular weight is 584 g/mol. The summed E-state index contributed by atoms with van der Waals surface area (Å²) in [4.78, 5) is 30.6. The lowest BCUT2D eigenvalue weighted by molar-refractivity contribution is -0.143. The van der Waals surface area contributed by atoms with Crippen molar-refractivity contribution in [3.05, 3.63) is 53.1 Å². The van der Waals surface area contributed by atoms with E-state index in [-0.39, 0.29) is 31.9 Å². The number of nitrogens with zero attached hydrogens (tertiary/aromatic N) is 2. The van der Waals surface area contributed by atoms with Crippen LogP contribution in [0.3, 0.4) is 0 Å². The largest absolute Gasteiger partial charge is 0.496 e. The van der Waals surface area contributed by atoms with Gasteiger partial charge in [0.1, 0.15) is 5.75 Å². The van der Waals surface area contributed by atoms with E-state index in [1.54, 1.807) is 7.11 Å². The van der Waals surface area contributed by atoms with Crippen LogP contribution < -0.4 is 19.9 Å². The number of carbonyl (C=O) groups excluding carboxylic acids is 1. The van der Waals surface area contributed by atoms with E-state index in [9.17, 15) is 19.8 Å². The fourth-order valence-corrected chi connectivity index (χ4v) is 6.27. The monoisotopic (exact) mass is 583 g/mol. The molecule has 0 unspecified atom stereocenters. The summed E-state index contributed by atoms with van der Waals surface area (Å²) in [7, 11) is 1.63. The molecule has 10 nitrogen and oxygen atoms in total. The number of likely N-dealkylation sites (tertiary alicyclic amines) is 1. The molecule has 2 aromatic carbocycles. The lowest BCUT2D eigenvalue weighted by Gasteiger charge is -2.30. The number of aliphatic hydroxyl groups is 1. The van der Waals surface area contributed by atoms with Crippen molar-refractivity contribution in [3.63, 3.8) is 0 Å². The number of aliphatic hydroxyl groups excluding tert-OH is 1. The topological polar surface area (TPSA) is 135 Å². The van der Waals surface area contributed by atoms with Crippen molar-refractivity contribution in [2.24, 2.45) is 11.7 Å². The molecule has 0 bridgehead atoms. The molecule has 1 fully saturated rings. The minimum atomic E-state index is -0.908. The number of rotatable bonds is 16. The molecule has 42 heavy (non-hydrogen) atoms. The molecule has 0 spiro atoms. The first-order valence-electron chi connectivity index (χ1n) is 15.0. The number of fused-ring (bicyclic) bond motifs is 1. The number of methoxy groups -OCH3 is 1. The van der Waals surface area contributed by atoms with Crippen molar-refractivity contribution in [1.29, 1.82) is 0 Å². The van der Waals surface area contributed by atoms with Crippen LogP contribution in [0, 0.1) is 5.92 Å². The molecule has 0 aliphatic carbocycles. The first kappa shape index (κ1) is 31.6. The van der Waals surface area contributed by atoms with Crippen LogP contribution in [0.1, 0.15) is 61.6 Å². The Labute approximate surface area is 248 Å². The van der Waals surface area contributed by atoms with Crippen LogP contribution in [-0.2, 0) is 22.6 Å². The zero-order chi connectivity index (χ0) is 30.1. The Hall–Kier alpha value is -3.34. The molecular formula is C32H45N3O7. The highest BCUT2D eigenvalue weighted by Crippen LogP contribution is 2.45.